The highest BCUT2D eigenvalue weighted by atomic mass is 35.5. The Morgan fingerprint density at radius 3 is 2.80 bits per heavy atom. The van der Waals surface area contributed by atoms with E-state index in [1.54, 1.807) is 13.0 Å². The highest BCUT2D eigenvalue weighted by molar-refractivity contribution is 7.90. The number of hydrogen-bond acceptors (Lipinski definition) is 8. The van der Waals surface area contributed by atoms with Crippen LogP contribution in [0.15, 0.2) is 53.6 Å². The minimum absolute atomic E-state index is 0.139. The molecule has 3 fully saturated rings. The SMILES string of the molecule is C[C@@H]1[C@@H](C)C/C=C/CN2CCOC[C@H]2CO[C@@H]2CC[C@H]2CN2C[C@@]3(CCCC4=CC(C)(Cl)CC=C43)COc3ccc(cc32)C(=O)NS1(=O)=O. The van der Waals surface area contributed by atoms with Crippen molar-refractivity contribution in [2.45, 2.75) is 88.0 Å². The molecule has 0 radical (unpaired) electrons. The monoisotopic (exact) mass is 713 g/mol. The lowest BCUT2D eigenvalue weighted by atomic mass is 9.65. The number of nitrogens with zero attached hydrogens (tertiary/aromatic N) is 2. The molecule has 1 aromatic rings. The second kappa shape index (κ2) is 14.0. The number of benzene rings is 1. The largest absolute Gasteiger partial charge is 0.490 e. The predicted molar refractivity (Wildman–Crippen MR) is 193 cm³/mol. The third kappa shape index (κ3) is 7.36. The van der Waals surface area contributed by atoms with E-state index in [9.17, 15) is 13.2 Å². The van der Waals surface area contributed by atoms with Crippen molar-refractivity contribution in [2.24, 2.45) is 17.3 Å². The molecule has 0 aromatic heterocycles. The van der Waals surface area contributed by atoms with E-state index in [-0.39, 0.29) is 28.4 Å². The third-order valence-corrected chi connectivity index (χ3v) is 14.1. The number of anilines is 1. The summed E-state index contributed by atoms with van der Waals surface area (Å²) < 4.78 is 48.5. The van der Waals surface area contributed by atoms with Gasteiger partial charge >= 0.3 is 0 Å². The van der Waals surface area contributed by atoms with Crippen molar-refractivity contribution < 1.29 is 27.4 Å². The number of sulfonamides is 1. The topological polar surface area (TPSA) is 97.4 Å². The number of halogens is 1. The lowest BCUT2D eigenvalue weighted by Gasteiger charge is -2.46. The van der Waals surface area contributed by atoms with Crippen LogP contribution in [0.4, 0.5) is 5.69 Å². The number of carbonyl (C=O) groups excluding carboxylic acids is 1. The van der Waals surface area contributed by atoms with E-state index in [1.807, 2.05) is 19.1 Å². The summed E-state index contributed by atoms with van der Waals surface area (Å²) in [4.78, 5) is 18.0. The maximum Gasteiger partial charge on any atom is 0.264 e. The van der Waals surface area contributed by atoms with E-state index in [4.69, 9.17) is 25.8 Å². The molecule has 11 heteroatoms. The summed E-state index contributed by atoms with van der Waals surface area (Å²) in [5, 5.41) is -0.750. The van der Waals surface area contributed by atoms with Gasteiger partial charge < -0.3 is 19.1 Å². The maximum absolute atomic E-state index is 13.6. The Morgan fingerprint density at radius 2 is 1.98 bits per heavy atom. The number of alkyl halides is 1. The highest BCUT2D eigenvalue weighted by Crippen LogP contribution is 2.52. The normalized spacial score (nSPS) is 37.8. The van der Waals surface area contributed by atoms with Crippen LogP contribution >= 0.6 is 11.6 Å². The van der Waals surface area contributed by atoms with Gasteiger partial charge in [-0.25, -0.2) is 13.1 Å². The van der Waals surface area contributed by atoms with Crippen molar-refractivity contribution in [2.75, 3.05) is 57.5 Å². The first-order valence-corrected chi connectivity index (χ1v) is 20.1. The first-order valence-electron chi connectivity index (χ1n) is 18.2. The number of amides is 1. The van der Waals surface area contributed by atoms with Crippen LogP contribution in [0.25, 0.3) is 0 Å². The van der Waals surface area contributed by atoms with Crippen LogP contribution in [0.1, 0.15) is 76.1 Å². The third-order valence-electron chi connectivity index (χ3n) is 12.0. The number of carbonyl (C=O) groups is 1. The lowest BCUT2D eigenvalue weighted by Crippen LogP contribution is -2.51. The first-order chi connectivity index (χ1) is 23.4. The van der Waals surface area contributed by atoms with Crippen molar-refractivity contribution in [1.29, 1.82) is 0 Å². The molecule has 3 aliphatic carbocycles. The van der Waals surface area contributed by atoms with E-state index in [0.29, 0.717) is 50.1 Å². The number of ether oxygens (including phenoxy) is 3. The van der Waals surface area contributed by atoms with Crippen molar-refractivity contribution in [3.8, 4) is 5.75 Å². The molecule has 7 rings (SSSR count). The zero-order valence-electron chi connectivity index (χ0n) is 29.2. The van der Waals surface area contributed by atoms with E-state index in [2.05, 4.69) is 45.7 Å². The Bertz CT molecular complexity index is 1620. The fourth-order valence-electron chi connectivity index (χ4n) is 8.53. The van der Waals surface area contributed by atoms with E-state index >= 15 is 0 Å². The van der Waals surface area contributed by atoms with Crippen LogP contribution < -0.4 is 14.4 Å². The lowest BCUT2D eigenvalue weighted by molar-refractivity contribution is -0.0924. The van der Waals surface area contributed by atoms with Crippen LogP contribution in [0, 0.1) is 17.3 Å². The molecule has 1 N–H and O–H groups in total. The second-order valence-corrected chi connectivity index (χ2v) is 18.5. The van der Waals surface area contributed by atoms with E-state index < -0.39 is 21.2 Å². The molecule has 2 saturated carbocycles. The maximum atomic E-state index is 13.6. The molecule has 3 heterocycles. The molecule has 1 aromatic carbocycles. The quantitative estimate of drug-likeness (QED) is 0.264. The zero-order chi connectivity index (χ0) is 34.4. The highest BCUT2D eigenvalue weighted by Gasteiger charge is 2.46. The van der Waals surface area contributed by atoms with Crippen molar-refractivity contribution in [1.82, 2.24) is 9.62 Å². The van der Waals surface area contributed by atoms with E-state index in [1.165, 1.54) is 11.1 Å². The minimum atomic E-state index is -3.92. The van der Waals surface area contributed by atoms with Crippen LogP contribution in [0.3, 0.4) is 0 Å². The summed E-state index contributed by atoms with van der Waals surface area (Å²) in [5.74, 6) is 0.234. The molecule has 1 unspecified atom stereocenters. The van der Waals surface area contributed by atoms with Gasteiger partial charge in [-0.15, -0.1) is 11.6 Å². The molecule has 2 bridgehead atoms. The van der Waals surface area contributed by atoms with Crippen LogP contribution in [0.5, 0.6) is 5.75 Å². The van der Waals surface area contributed by atoms with E-state index in [0.717, 1.165) is 70.4 Å². The predicted octanol–water partition coefficient (Wildman–Crippen LogP) is 5.85. The molecule has 3 aliphatic heterocycles. The molecule has 49 heavy (non-hydrogen) atoms. The second-order valence-electron chi connectivity index (χ2n) is 15.6. The molecule has 9 nitrogen and oxygen atoms in total. The molecule has 1 amide bonds. The molecular formula is C38H52ClN3O6S. The Labute approximate surface area is 297 Å². The van der Waals surface area contributed by atoms with Crippen molar-refractivity contribution in [3.05, 3.63) is 59.2 Å². The van der Waals surface area contributed by atoms with Crippen LogP contribution in [-0.2, 0) is 19.5 Å². The van der Waals surface area contributed by atoms with Gasteiger partial charge in [0.1, 0.15) is 5.75 Å². The van der Waals surface area contributed by atoms with Crippen molar-refractivity contribution in [3.63, 3.8) is 0 Å². The van der Waals surface area contributed by atoms with Crippen LogP contribution in [0.2, 0.25) is 0 Å². The Balaban J connectivity index is 1.23. The Kier molecular flexibility index (Phi) is 10.0. The average Bonchev–Trinajstić information content (AvgIpc) is 3.21. The standard InChI is InChI=1S/C38H52ClN3O6S/c1-26-7-4-5-16-41-17-18-46-22-31(41)23-47-34-11-10-30(34)21-42-24-38(14-6-8-29-20-37(3,39)15-13-32(29)38)25-48-35-12-9-28(19-33(35)42)36(43)40-49(44,45)27(26)2/h4-5,9,12-13,19-20,26-27,30-31,34H,6-8,10-11,14-18,21-25H2,1-3H3,(H,40,43)/b5-4+/t26-,27+,30-,31-,34+,37?,38-/m0/s1. The zero-order valence-corrected chi connectivity index (χ0v) is 30.7. The number of nitrogens with one attached hydrogen (secondary N) is 1. The number of hydrogen-bond donors (Lipinski definition) is 1. The summed E-state index contributed by atoms with van der Waals surface area (Å²) in [6, 6.07) is 5.52. The summed E-state index contributed by atoms with van der Waals surface area (Å²) in [7, 11) is -3.92. The van der Waals surface area contributed by atoms with Gasteiger partial charge in [-0.05, 0) is 94.1 Å². The number of morpholine rings is 1. The number of fused-ring (bicyclic) bond motifs is 5. The molecule has 7 atom stereocenters. The minimum Gasteiger partial charge on any atom is -0.490 e. The van der Waals surface area contributed by atoms with Gasteiger partial charge in [0, 0.05) is 43.1 Å². The summed E-state index contributed by atoms with van der Waals surface area (Å²) in [6.07, 6.45) is 15.4. The Hall–Kier alpha value is -2.37. The Morgan fingerprint density at radius 1 is 1.12 bits per heavy atom. The van der Waals surface area contributed by atoms with Gasteiger partial charge in [-0.3, -0.25) is 9.69 Å². The summed E-state index contributed by atoms with van der Waals surface area (Å²) >= 11 is 6.84. The smallest absolute Gasteiger partial charge is 0.264 e. The van der Waals surface area contributed by atoms with Gasteiger partial charge in [0.05, 0.1) is 54.4 Å². The van der Waals surface area contributed by atoms with Gasteiger partial charge in [0.15, 0.2) is 0 Å². The van der Waals surface area contributed by atoms with Gasteiger partial charge in [-0.1, -0.05) is 31.2 Å². The average molecular weight is 714 g/mol. The molecule has 268 valence electrons. The van der Waals surface area contributed by atoms with Crippen LogP contribution in [-0.4, -0.2) is 94.1 Å². The first kappa shape index (κ1) is 35.1. The number of allylic oxidation sites excluding steroid dienone is 4. The molecule has 1 spiro atoms. The van der Waals surface area contributed by atoms with Gasteiger partial charge in [0.25, 0.3) is 5.91 Å². The summed E-state index contributed by atoms with van der Waals surface area (Å²) in [5.41, 5.74) is 3.57. The summed E-state index contributed by atoms with van der Waals surface area (Å²) in [6.45, 7) is 11.3. The fraction of sp³-hybridized carbons (Fsp3) is 0.658. The number of rotatable bonds is 0. The van der Waals surface area contributed by atoms with Gasteiger partial charge in [-0.2, -0.15) is 0 Å². The molecule has 6 aliphatic rings. The fourth-order valence-corrected chi connectivity index (χ4v) is 10.0. The molecular weight excluding hydrogens is 662 g/mol. The van der Waals surface area contributed by atoms with Crippen molar-refractivity contribution >= 4 is 33.2 Å². The van der Waals surface area contributed by atoms with Gasteiger partial charge in [0.2, 0.25) is 10.0 Å². The molecule has 1 saturated heterocycles.